The Kier molecular flexibility index (Phi) is 4.42. The molecular weight excluding hydrogens is 290 g/mol. The molecule has 0 radical (unpaired) electrons. The molecule has 1 aliphatic carbocycles. The Balaban J connectivity index is 1.84. The lowest BCUT2D eigenvalue weighted by molar-refractivity contribution is 0.0602. The van der Waals surface area contributed by atoms with Gasteiger partial charge in [0, 0.05) is 5.56 Å². The minimum Gasteiger partial charge on any atom is -0.465 e. The molecule has 0 spiro atoms. The lowest BCUT2D eigenvalue weighted by Gasteiger charge is -2.16. The fraction of sp³-hybridized carbons (Fsp3) is 0.263. The van der Waals surface area contributed by atoms with Crippen LogP contribution in [0.2, 0.25) is 0 Å². The second-order valence-corrected chi connectivity index (χ2v) is 5.68. The monoisotopic (exact) mass is 309 g/mol. The SMILES string of the molecule is COC(=O)c1ccccc1NC(=O)c1ccc2c(c1)CCCC2. The summed E-state index contributed by atoms with van der Waals surface area (Å²) in [6, 6.07) is 12.7. The van der Waals surface area contributed by atoms with Gasteiger partial charge in [0.25, 0.3) is 5.91 Å². The van der Waals surface area contributed by atoms with Crippen LogP contribution in [0.5, 0.6) is 0 Å². The van der Waals surface area contributed by atoms with Gasteiger partial charge in [-0.2, -0.15) is 0 Å². The molecule has 118 valence electrons. The van der Waals surface area contributed by atoms with E-state index in [1.165, 1.54) is 31.1 Å². The van der Waals surface area contributed by atoms with Crippen LogP contribution in [-0.2, 0) is 17.6 Å². The van der Waals surface area contributed by atoms with Gasteiger partial charge >= 0.3 is 5.97 Å². The molecular formula is C19H19NO3. The minimum absolute atomic E-state index is 0.213. The van der Waals surface area contributed by atoms with Crippen molar-refractivity contribution in [3.8, 4) is 0 Å². The van der Waals surface area contributed by atoms with Crippen LogP contribution < -0.4 is 5.32 Å². The van der Waals surface area contributed by atoms with Gasteiger partial charge < -0.3 is 10.1 Å². The number of para-hydroxylation sites is 1. The summed E-state index contributed by atoms with van der Waals surface area (Å²) in [5, 5.41) is 2.81. The van der Waals surface area contributed by atoms with Crippen LogP contribution >= 0.6 is 0 Å². The molecule has 4 heteroatoms. The van der Waals surface area contributed by atoms with Gasteiger partial charge in [-0.1, -0.05) is 18.2 Å². The second-order valence-electron chi connectivity index (χ2n) is 5.68. The smallest absolute Gasteiger partial charge is 0.339 e. The number of carbonyl (C=O) groups is 2. The van der Waals surface area contributed by atoms with Crippen molar-refractivity contribution in [3.63, 3.8) is 0 Å². The first kappa shape index (κ1) is 15.3. The van der Waals surface area contributed by atoms with Crippen molar-refractivity contribution in [3.05, 3.63) is 64.7 Å². The topological polar surface area (TPSA) is 55.4 Å². The maximum Gasteiger partial charge on any atom is 0.339 e. The summed E-state index contributed by atoms with van der Waals surface area (Å²) >= 11 is 0. The van der Waals surface area contributed by atoms with Crippen LogP contribution in [0.3, 0.4) is 0 Å². The number of aryl methyl sites for hydroxylation is 2. The van der Waals surface area contributed by atoms with Crippen molar-refractivity contribution >= 4 is 17.6 Å². The van der Waals surface area contributed by atoms with Gasteiger partial charge in [0.15, 0.2) is 0 Å². The molecule has 1 aliphatic rings. The highest BCUT2D eigenvalue weighted by Gasteiger charge is 2.16. The third-order valence-electron chi connectivity index (χ3n) is 4.19. The molecule has 0 atom stereocenters. The van der Waals surface area contributed by atoms with Gasteiger partial charge in [0.2, 0.25) is 0 Å². The van der Waals surface area contributed by atoms with Gasteiger partial charge in [-0.15, -0.1) is 0 Å². The highest BCUT2D eigenvalue weighted by atomic mass is 16.5. The molecule has 0 saturated carbocycles. The van der Waals surface area contributed by atoms with E-state index >= 15 is 0 Å². The number of amides is 1. The molecule has 1 amide bonds. The molecule has 1 N–H and O–H groups in total. The largest absolute Gasteiger partial charge is 0.465 e. The van der Waals surface area contributed by atoms with Gasteiger partial charge in [-0.05, 0) is 61.1 Å². The second kappa shape index (κ2) is 6.65. The Bertz CT molecular complexity index is 752. The van der Waals surface area contributed by atoms with Crippen LogP contribution in [-0.4, -0.2) is 19.0 Å². The Morgan fingerprint density at radius 1 is 1.00 bits per heavy atom. The number of methoxy groups -OCH3 is 1. The number of fused-ring (bicyclic) bond motifs is 1. The van der Waals surface area contributed by atoms with Crippen molar-refractivity contribution in [2.24, 2.45) is 0 Å². The van der Waals surface area contributed by atoms with E-state index < -0.39 is 5.97 Å². The molecule has 2 aromatic carbocycles. The standard InChI is InChI=1S/C19H19NO3/c1-23-19(22)16-8-4-5-9-17(16)20-18(21)15-11-10-13-6-2-3-7-14(13)12-15/h4-5,8-12H,2-3,6-7H2,1H3,(H,20,21). The number of hydrogen-bond acceptors (Lipinski definition) is 3. The third kappa shape index (κ3) is 3.26. The number of benzene rings is 2. The van der Waals surface area contributed by atoms with Crippen LogP contribution in [0.15, 0.2) is 42.5 Å². The molecule has 0 saturated heterocycles. The number of esters is 1. The van der Waals surface area contributed by atoms with Crippen molar-refractivity contribution in [1.82, 2.24) is 0 Å². The average molecular weight is 309 g/mol. The van der Waals surface area contributed by atoms with Crippen LogP contribution in [0.4, 0.5) is 5.69 Å². The Labute approximate surface area is 135 Å². The normalized spacial score (nSPS) is 13.1. The van der Waals surface area contributed by atoms with Crippen molar-refractivity contribution in [2.45, 2.75) is 25.7 Å². The minimum atomic E-state index is -0.466. The summed E-state index contributed by atoms with van der Waals surface area (Å²) in [7, 11) is 1.32. The molecule has 4 nitrogen and oxygen atoms in total. The molecule has 0 aromatic heterocycles. The van der Waals surface area contributed by atoms with Gasteiger partial charge in [0.05, 0.1) is 18.4 Å². The first-order valence-electron chi connectivity index (χ1n) is 7.79. The van der Waals surface area contributed by atoms with E-state index in [0.29, 0.717) is 16.8 Å². The summed E-state index contributed by atoms with van der Waals surface area (Å²) in [5.74, 6) is -0.680. The lowest BCUT2D eigenvalue weighted by atomic mass is 9.90. The summed E-state index contributed by atoms with van der Waals surface area (Å²) < 4.78 is 4.75. The van der Waals surface area contributed by atoms with Gasteiger partial charge in [-0.25, -0.2) is 4.79 Å². The molecule has 0 unspecified atom stereocenters. The molecule has 2 aromatic rings. The van der Waals surface area contributed by atoms with Crippen molar-refractivity contribution < 1.29 is 14.3 Å². The fourth-order valence-electron chi connectivity index (χ4n) is 2.95. The maximum absolute atomic E-state index is 12.5. The Morgan fingerprint density at radius 2 is 1.74 bits per heavy atom. The maximum atomic E-state index is 12.5. The fourth-order valence-corrected chi connectivity index (χ4v) is 2.95. The number of ether oxygens (including phenoxy) is 1. The van der Waals surface area contributed by atoms with E-state index in [9.17, 15) is 9.59 Å². The predicted octanol–water partition coefficient (Wildman–Crippen LogP) is 3.60. The average Bonchev–Trinajstić information content (AvgIpc) is 2.61. The third-order valence-corrected chi connectivity index (χ3v) is 4.19. The van der Waals surface area contributed by atoms with Crippen LogP contribution in [0.1, 0.15) is 44.7 Å². The summed E-state index contributed by atoms with van der Waals surface area (Å²) in [5.41, 5.74) is 4.02. The quantitative estimate of drug-likeness (QED) is 0.881. The van der Waals surface area contributed by atoms with Crippen molar-refractivity contribution in [1.29, 1.82) is 0 Å². The molecule has 0 aliphatic heterocycles. The molecule has 0 heterocycles. The highest BCUT2D eigenvalue weighted by molar-refractivity contribution is 6.08. The number of carbonyl (C=O) groups excluding carboxylic acids is 2. The van der Waals surface area contributed by atoms with Gasteiger partial charge in [-0.3, -0.25) is 4.79 Å². The van der Waals surface area contributed by atoms with E-state index in [4.69, 9.17) is 4.74 Å². The number of rotatable bonds is 3. The van der Waals surface area contributed by atoms with E-state index in [-0.39, 0.29) is 5.91 Å². The summed E-state index contributed by atoms with van der Waals surface area (Å²) in [6.07, 6.45) is 4.49. The van der Waals surface area contributed by atoms with Crippen molar-refractivity contribution in [2.75, 3.05) is 12.4 Å². The summed E-state index contributed by atoms with van der Waals surface area (Å²) in [4.78, 5) is 24.3. The van der Waals surface area contributed by atoms with E-state index in [2.05, 4.69) is 5.32 Å². The number of anilines is 1. The van der Waals surface area contributed by atoms with Crippen LogP contribution in [0, 0.1) is 0 Å². The first-order chi connectivity index (χ1) is 11.2. The van der Waals surface area contributed by atoms with E-state index in [1.807, 2.05) is 18.2 Å². The number of hydrogen-bond donors (Lipinski definition) is 1. The number of nitrogens with one attached hydrogen (secondary N) is 1. The first-order valence-corrected chi connectivity index (χ1v) is 7.79. The zero-order valence-electron chi connectivity index (χ0n) is 13.1. The van der Waals surface area contributed by atoms with Gasteiger partial charge in [0.1, 0.15) is 0 Å². The predicted molar refractivity (Wildman–Crippen MR) is 88.8 cm³/mol. The molecule has 3 rings (SSSR count). The molecule has 0 bridgehead atoms. The Morgan fingerprint density at radius 3 is 2.52 bits per heavy atom. The highest BCUT2D eigenvalue weighted by Crippen LogP contribution is 2.23. The van der Waals surface area contributed by atoms with E-state index in [1.54, 1.807) is 24.3 Å². The Hall–Kier alpha value is -2.62. The van der Waals surface area contributed by atoms with Crippen LogP contribution in [0.25, 0.3) is 0 Å². The zero-order chi connectivity index (χ0) is 16.2. The zero-order valence-corrected chi connectivity index (χ0v) is 13.1. The summed E-state index contributed by atoms with van der Waals surface area (Å²) in [6.45, 7) is 0. The lowest BCUT2D eigenvalue weighted by Crippen LogP contribution is -2.16. The molecule has 0 fully saturated rings. The van der Waals surface area contributed by atoms with E-state index in [0.717, 1.165) is 12.8 Å². The molecule has 23 heavy (non-hydrogen) atoms.